The molecule has 2 heterocycles. The Hall–Kier alpha value is -2.45. The lowest BCUT2D eigenvalue weighted by Crippen LogP contribution is -2.14. The van der Waals surface area contributed by atoms with Crippen LogP contribution in [-0.4, -0.2) is 31.4 Å². The van der Waals surface area contributed by atoms with Crippen LogP contribution < -0.4 is 5.32 Å². The first-order chi connectivity index (χ1) is 12.6. The molecule has 134 valence electrons. The van der Waals surface area contributed by atoms with Crippen LogP contribution in [-0.2, 0) is 11.3 Å². The maximum atomic E-state index is 12.1. The highest BCUT2D eigenvalue weighted by atomic mass is 32.2. The highest BCUT2D eigenvalue weighted by molar-refractivity contribution is 7.99. The molecule has 0 unspecified atom stereocenters. The van der Waals surface area contributed by atoms with Crippen LogP contribution in [0.1, 0.15) is 10.6 Å². The molecular formula is C18H19N5OS2. The van der Waals surface area contributed by atoms with Gasteiger partial charge < -0.3 is 4.57 Å². The lowest BCUT2D eigenvalue weighted by molar-refractivity contribution is -0.113. The molecule has 3 rings (SSSR count). The first kappa shape index (κ1) is 18.3. The minimum absolute atomic E-state index is 0.129. The van der Waals surface area contributed by atoms with E-state index in [-0.39, 0.29) is 11.7 Å². The molecule has 1 N–H and O–H groups in total. The second-order valence-electron chi connectivity index (χ2n) is 5.65. The number of aromatic nitrogens is 4. The largest absolute Gasteiger partial charge is 0.315 e. The summed E-state index contributed by atoms with van der Waals surface area (Å²) in [6, 6.07) is 8.30. The third kappa shape index (κ3) is 4.39. The molecule has 1 aromatic carbocycles. The molecule has 0 saturated heterocycles. The minimum Gasteiger partial charge on any atom is -0.315 e. The number of aryl methyl sites for hydroxylation is 2. The average Bonchev–Trinajstić information content (AvgIpc) is 3.20. The normalized spacial score (nSPS) is 10.7. The van der Waals surface area contributed by atoms with Gasteiger partial charge in [0.15, 0.2) is 5.16 Å². The van der Waals surface area contributed by atoms with Crippen LogP contribution in [0.3, 0.4) is 0 Å². The zero-order valence-corrected chi connectivity index (χ0v) is 16.2. The molecule has 0 aliphatic heterocycles. The van der Waals surface area contributed by atoms with Gasteiger partial charge in [-0.3, -0.25) is 10.1 Å². The topological polar surface area (TPSA) is 72.7 Å². The van der Waals surface area contributed by atoms with Crippen LogP contribution in [0.2, 0.25) is 0 Å². The summed E-state index contributed by atoms with van der Waals surface area (Å²) in [5.41, 5.74) is 3.31. The molecule has 0 fully saturated rings. The molecule has 3 aromatic rings. The molecule has 0 saturated carbocycles. The van der Waals surface area contributed by atoms with E-state index in [1.807, 2.05) is 19.2 Å². The zero-order valence-electron chi connectivity index (χ0n) is 14.6. The summed E-state index contributed by atoms with van der Waals surface area (Å²) in [5.74, 6) is 0.122. The van der Waals surface area contributed by atoms with Gasteiger partial charge >= 0.3 is 0 Å². The van der Waals surface area contributed by atoms with E-state index < -0.39 is 0 Å². The van der Waals surface area contributed by atoms with Crippen LogP contribution in [0.25, 0.3) is 11.3 Å². The summed E-state index contributed by atoms with van der Waals surface area (Å²) in [4.78, 5) is 16.6. The molecule has 26 heavy (non-hydrogen) atoms. The maximum Gasteiger partial charge on any atom is 0.236 e. The van der Waals surface area contributed by atoms with Crippen molar-refractivity contribution < 1.29 is 4.79 Å². The lowest BCUT2D eigenvalue weighted by atomic mass is 10.1. The lowest BCUT2D eigenvalue weighted by Gasteiger charge is -2.10. The van der Waals surface area contributed by atoms with E-state index in [1.165, 1.54) is 28.7 Å². The molecule has 0 aliphatic rings. The summed E-state index contributed by atoms with van der Waals surface area (Å²) in [7, 11) is 0. The summed E-state index contributed by atoms with van der Waals surface area (Å²) in [5, 5.41) is 12.7. The van der Waals surface area contributed by atoms with Gasteiger partial charge in [-0.15, -0.1) is 16.8 Å². The van der Waals surface area contributed by atoms with Crippen molar-refractivity contribution in [2.24, 2.45) is 0 Å². The van der Waals surface area contributed by atoms with Gasteiger partial charge in [0.1, 0.15) is 5.01 Å². The Bertz CT molecular complexity index is 914. The van der Waals surface area contributed by atoms with Crippen LogP contribution in [0.5, 0.6) is 0 Å². The molecule has 1 amide bonds. The number of carbonyl (C=O) groups is 1. The van der Waals surface area contributed by atoms with E-state index in [4.69, 9.17) is 0 Å². The summed E-state index contributed by atoms with van der Waals surface area (Å²) in [6.07, 6.45) is 3.66. The molecule has 0 spiro atoms. The number of imidazole rings is 1. The van der Waals surface area contributed by atoms with Gasteiger partial charge in [0.05, 0.1) is 17.6 Å². The highest BCUT2D eigenvalue weighted by Crippen LogP contribution is 2.27. The SMILES string of the molecule is C=CCn1c(-c2ccc(C)cc2)cnc1SCC(=O)Nc1nnc(C)s1. The molecule has 8 heteroatoms. The van der Waals surface area contributed by atoms with Crippen molar-refractivity contribution in [3.8, 4) is 11.3 Å². The van der Waals surface area contributed by atoms with Crippen molar-refractivity contribution in [1.29, 1.82) is 0 Å². The Morgan fingerprint density at radius 1 is 1.31 bits per heavy atom. The third-order valence-electron chi connectivity index (χ3n) is 3.58. The van der Waals surface area contributed by atoms with Gasteiger partial charge in [0.2, 0.25) is 11.0 Å². The van der Waals surface area contributed by atoms with Crippen molar-refractivity contribution in [3.05, 3.63) is 53.7 Å². The number of carbonyl (C=O) groups excluding carboxylic acids is 1. The molecule has 2 aromatic heterocycles. The average molecular weight is 386 g/mol. The first-order valence-electron chi connectivity index (χ1n) is 8.03. The Morgan fingerprint density at radius 2 is 2.08 bits per heavy atom. The smallest absolute Gasteiger partial charge is 0.236 e. The van der Waals surface area contributed by atoms with Gasteiger partial charge in [-0.05, 0) is 19.4 Å². The second kappa shape index (κ2) is 8.29. The van der Waals surface area contributed by atoms with Crippen molar-refractivity contribution in [2.45, 2.75) is 25.5 Å². The van der Waals surface area contributed by atoms with Gasteiger partial charge in [0.25, 0.3) is 0 Å². The van der Waals surface area contributed by atoms with E-state index in [0.29, 0.717) is 11.7 Å². The fourth-order valence-electron chi connectivity index (χ4n) is 2.37. The van der Waals surface area contributed by atoms with Gasteiger partial charge in [-0.2, -0.15) is 0 Å². The Morgan fingerprint density at radius 3 is 2.73 bits per heavy atom. The van der Waals surface area contributed by atoms with Crippen molar-refractivity contribution in [3.63, 3.8) is 0 Å². The molecular weight excluding hydrogens is 366 g/mol. The van der Waals surface area contributed by atoms with E-state index in [9.17, 15) is 4.79 Å². The number of anilines is 1. The van der Waals surface area contributed by atoms with Crippen molar-refractivity contribution in [1.82, 2.24) is 19.7 Å². The van der Waals surface area contributed by atoms with Gasteiger partial charge in [-0.1, -0.05) is 59.0 Å². The zero-order chi connectivity index (χ0) is 18.5. The van der Waals surface area contributed by atoms with Gasteiger partial charge in [0, 0.05) is 6.54 Å². The van der Waals surface area contributed by atoms with Crippen LogP contribution >= 0.6 is 23.1 Å². The van der Waals surface area contributed by atoms with Gasteiger partial charge in [-0.25, -0.2) is 4.98 Å². The van der Waals surface area contributed by atoms with E-state index in [2.05, 4.69) is 62.8 Å². The standard InChI is InChI=1S/C18H19N5OS2/c1-4-9-23-15(14-7-5-12(2)6-8-14)10-19-18(23)25-11-16(24)20-17-22-21-13(3)26-17/h4-8,10H,1,9,11H2,2-3H3,(H,20,22,24). The Labute approximate surface area is 160 Å². The molecule has 0 aliphatic carbocycles. The summed E-state index contributed by atoms with van der Waals surface area (Å²) in [6.45, 7) is 8.36. The maximum absolute atomic E-state index is 12.1. The number of allylic oxidation sites excluding steroid dienone is 1. The first-order valence-corrected chi connectivity index (χ1v) is 9.83. The highest BCUT2D eigenvalue weighted by Gasteiger charge is 2.14. The minimum atomic E-state index is -0.129. The summed E-state index contributed by atoms with van der Waals surface area (Å²) < 4.78 is 2.06. The monoisotopic (exact) mass is 385 g/mol. The number of rotatable bonds is 7. The van der Waals surface area contributed by atoms with Crippen molar-refractivity contribution >= 4 is 34.1 Å². The number of hydrogen-bond acceptors (Lipinski definition) is 6. The quantitative estimate of drug-likeness (QED) is 0.493. The van der Waals surface area contributed by atoms with Crippen LogP contribution in [0.4, 0.5) is 5.13 Å². The Kier molecular flexibility index (Phi) is 5.85. The predicted molar refractivity (Wildman–Crippen MR) is 107 cm³/mol. The molecule has 0 atom stereocenters. The number of benzene rings is 1. The van der Waals surface area contributed by atoms with E-state index in [0.717, 1.165) is 21.4 Å². The Balaban J connectivity index is 1.72. The van der Waals surface area contributed by atoms with E-state index in [1.54, 1.807) is 0 Å². The van der Waals surface area contributed by atoms with Crippen LogP contribution in [0.15, 0.2) is 48.3 Å². The molecule has 6 nitrogen and oxygen atoms in total. The summed E-state index contributed by atoms with van der Waals surface area (Å²) >= 11 is 2.74. The number of nitrogens with one attached hydrogen (secondary N) is 1. The fourth-order valence-corrected chi connectivity index (χ4v) is 3.76. The second-order valence-corrected chi connectivity index (χ2v) is 7.78. The van der Waals surface area contributed by atoms with E-state index >= 15 is 0 Å². The fraction of sp³-hybridized carbons (Fsp3) is 0.222. The third-order valence-corrected chi connectivity index (χ3v) is 5.33. The van der Waals surface area contributed by atoms with Crippen molar-refractivity contribution in [2.75, 3.05) is 11.1 Å². The number of thioether (sulfide) groups is 1. The molecule has 0 radical (unpaired) electrons. The number of nitrogens with zero attached hydrogens (tertiary/aromatic N) is 4. The molecule has 0 bridgehead atoms. The number of hydrogen-bond donors (Lipinski definition) is 1. The number of amides is 1. The predicted octanol–water partition coefficient (Wildman–Crippen LogP) is 3.94. The van der Waals surface area contributed by atoms with Crippen LogP contribution in [0, 0.1) is 13.8 Å².